The van der Waals surface area contributed by atoms with E-state index in [0.29, 0.717) is 0 Å². The molecule has 0 aromatic carbocycles. The molecule has 2 heteroatoms. The van der Waals surface area contributed by atoms with Crippen LogP contribution in [0.15, 0.2) is 6.07 Å². The summed E-state index contributed by atoms with van der Waals surface area (Å²) in [7, 11) is 0. The van der Waals surface area contributed by atoms with Crippen molar-refractivity contribution >= 4 is 0 Å². The van der Waals surface area contributed by atoms with E-state index in [0.717, 1.165) is 25.1 Å². The molecule has 1 heterocycles. The molecule has 1 aromatic heterocycles. The van der Waals surface area contributed by atoms with Crippen LogP contribution in [0.25, 0.3) is 0 Å². The predicted octanol–water partition coefficient (Wildman–Crippen LogP) is 13.1. The summed E-state index contributed by atoms with van der Waals surface area (Å²) in [4.78, 5) is 9.94. The second kappa shape index (κ2) is 29.6. The van der Waals surface area contributed by atoms with E-state index < -0.39 is 0 Å². The summed E-state index contributed by atoms with van der Waals surface area (Å²) in [6, 6.07) is 2.34. The highest BCUT2D eigenvalue weighted by molar-refractivity contribution is 5.12. The second-order valence-electron chi connectivity index (χ2n) is 12.9. The fraction of sp³-hybridized carbons (Fsp3) is 0.895. The van der Waals surface area contributed by atoms with E-state index in [4.69, 9.17) is 9.97 Å². The van der Waals surface area contributed by atoms with Crippen LogP contribution < -0.4 is 0 Å². The molecular weight excluding hydrogens is 484 g/mol. The maximum Gasteiger partial charge on any atom is 0.128 e. The lowest BCUT2D eigenvalue weighted by atomic mass is 10.0. The van der Waals surface area contributed by atoms with Gasteiger partial charge in [0.2, 0.25) is 0 Å². The summed E-state index contributed by atoms with van der Waals surface area (Å²) in [5.74, 6) is 1.11. The Hall–Kier alpha value is -0.920. The van der Waals surface area contributed by atoms with Crippen LogP contribution in [0, 0.1) is 0 Å². The van der Waals surface area contributed by atoms with E-state index >= 15 is 0 Å². The minimum Gasteiger partial charge on any atom is -0.238 e. The van der Waals surface area contributed by atoms with Gasteiger partial charge in [0, 0.05) is 17.8 Å². The van der Waals surface area contributed by atoms with Crippen LogP contribution in [0.1, 0.15) is 218 Å². The molecule has 0 aliphatic rings. The number of hydrogen-bond acceptors (Lipinski definition) is 2. The van der Waals surface area contributed by atoms with Gasteiger partial charge in [-0.25, -0.2) is 9.97 Å². The van der Waals surface area contributed by atoms with Crippen molar-refractivity contribution < 1.29 is 0 Å². The van der Waals surface area contributed by atoms with Gasteiger partial charge in [0.25, 0.3) is 0 Å². The number of rotatable bonds is 31. The number of nitrogens with zero attached hydrogens (tertiary/aromatic N) is 2. The lowest BCUT2D eigenvalue weighted by molar-refractivity contribution is 0.537. The van der Waals surface area contributed by atoms with Gasteiger partial charge in [0.05, 0.1) is 0 Å². The van der Waals surface area contributed by atoms with Crippen LogP contribution in [0.2, 0.25) is 0 Å². The van der Waals surface area contributed by atoms with Crippen molar-refractivity contribution in [3.05, 3.63) is 23.3 Å². The lowest BCUT2D eigenvalue weighted by Gasteiger charge is -2.09. The van der Waals surface area contributed by atoms with E-state index in [1.807, 2.05) is 0 Å². The van der Waals surface area contributed by atoms with Gasteiger partial charge in [-0.1, -0.05) is 181 Å². The monoisotopic (exact) mass is 557 g/mol. The molecule has 234 valence electrons. The minimum atomic E-state index is 1.05. The van der Waals surface area contributed by atoms with Gasteiger partial charge in [-0.15, -0.1) is 0 Å². The van der Waals surface area contributed by atoms with Crippen molar-refractivity contribution in [1.82, 2.24) is 9.97 Å². The van der Waals surface area contributed by atoms with Crippen LogP contribution in [-0.2, 0) is 19.3 Å². The highest BCUT2D eigenvalue weighted by Crippen LogP contribution is 2.16. The third-order valence-electron chi connectivity index (χ3n) is 8.71. The van der Waals surface area contributed by atoms with Gasteiger partial charge in [0.1, 0.15) is 5.82 Å². The fourth-order valence-electron chi connectivity index (χ4n) is 5.96. The summed E-state index contributed by atoms with van der Waals surface area (Å²) >= 11 is 0. The van der Waals surface area contributed by atoms with Crippen molar-refractivity contribution in [2.24, 2.45) is 0 Å². The van der Waals surface area contributed by atoms with Gasteiger partial charge >= 0.3 is 0 Å². The molecule has 0 fully saturated rings. The Morgan fingerprint density at radius 2 is 0.600 bits per heavy atom. The zero-order valence-corrected chi connectivity index (χ0v) is 27.9. The second-order valence-corrected chi connectivity index (χ2v) is 12.9. The molecule has 0 saturated carbocycles. The summed E-state index contributed by atoms with van der Waals surface area (Å²) < 4.78 is 0. The van der Waals surface area contributed by atoms with E-state index in [1.54, 1.807) is 0 Å². The molecule has 40 heavy (non-hydrogen) atoms. The zero-order valence-electron chi connectivity index (χ0n) is 27.9. The van der Waals surface area contributed by atoms with Crippen LogP contribution in [0.5, 0.6) is 0 Å². The standard InChI is InChI=1S/C38H72N2/c1-4-7-10-12-14-16-18-20-22-24-26-28-30-32-36-35-37(40-38(39-36)34-9-6-3)33-31-29-27-25-23-21-19-17-15-13-11-8-5-2/h35H,4-34H2,1-3H3. The Morgan fingerprint density at radius 3 is 0.900 bits per heavy atom. The van der Waals surface area contributed by atoms with Crippen LogP contribution in [0.3, 0.4) is 0 Å². The molecule has 0 radical (unpaired) electrons. The number of unbranched alkanes of at least 4 members (excludes halogenated alkanes) is 25. The first-order valence-electron chi connectivity index (χ1n) is 18.7. The zero-order chi connectivity index (χ0) is 28.8. The first-order chi connectivity index (χ1) is 19.8. The summed E-state index contributed by atoms with van der Waals surface area (Å²) in [6.07, 6.45) is 42.6. The smallest absolute Gasteiger partial charge is 0.128 e. The van der Waals surface area contributed by atoms with Crippen LogP contribution in [-0.4, -0.2) is 9.97 Å². The Morgan fingerprint density at radius 1 is 0.325 bits per heavy atom. The molecule has 0 saturated heterocycles. The molecule has 0 aliphatic heterocycles. The van der Waals surface area contributed by atoms with Gasteiger partial charge in [-0.3, -0.25) is 0 Å². The summed E-state index contributed by atoms with van der Waals surface area (Å²) in [5.41, 5.74) is 2.63. The van der Waals surface area contributed by atoms with E-state index in [1.165, 1.54) is 191 Å². The van der Waals surface area contributed by atoms with E-state index in [9.17, 15) is 0 Å². The van der Waals surface area contributed by atoms with E-state index in [-0.39, 0.29) is 0 Å². The molecule has 0 N–H and O–H groups in total. The molecular formula is C38H72N2. The predicted molar refractivity (Wildman–Crippen MR) is 179 cm³/mol. The molecule has 0 bridgehead atoms. The third-order valence-corrected chi connectivity index (χ3v) is 8.71. The highest BCUT2D eigenvalue weighted by Gasteiger charge is 2.06. The molecule has 0 aliphatic carbocycles. The first kappa shape index (κ1) is 37.1. The third kappa shape index (κ3) is 23.8. The average Bonchev–Trinajstić information content (AvgIpc) is 2.96. The van der Waals surface area contributed by atoms with Gasteiger partial charge in [-0.2, -0.15) is 0 Å². The van der Waals surface area contributed by atoms with Crippen LogP contribution in [0.4, 0.5) is 0 Å². The van der Waals surface area contributed by atoms with Gasteiger partial charge in [0.15, 0.2) is 0 Å². The van der Waals surface area contributed by atoms with Crippen molar-refractivity contribution in [2.45, 2.75) is 220 Å². The number of aromatic nitrogens is 2. The van der Waals surface area contributed by atoms with Gasteiger partial charge < -0.3 is 0 Å². The fourth-order valence-corrected chi connectivity index (χ4v) is 5.96. The van der Waals surface area contributed by atoms with E-state index in [2.05, 4.69) is 26.8 Å². The minimum absolute atomic E-state index is 1.05. The lowest BCUT2D eigenvalue weighted by Crippen LogP contribution is -2.04. The maximum absolute atomic E-state index is 4.97. The largest absolute Gasteiger partial charge is 0.238 e. The first-order valence-corrected chi connectivity index (χ1v) is 18.7. The normalized spacial score (nSPS) is 11.5. The van der Waals surface area contributed by atoms with Gasteiger partial charge in [-0.05, 0) is 38.2 Å². The number of hydrogen-bond donors (Lipinski definition) is 0. The Balaban J connectivity index is 2.14. The molecule has 0 unspecified atom stereocenters. The number of aryl methyl sites for hydroxylation is 3. The van der Waals surface area contributed by atoms with Crippen molar-refractivity contribution in [3.63, 3.8) is 0 Å². The molecule has 1 aromatic rings. The average molecular weight is 557 g/mol. The highest BCUT2D eigenvalue weighted by atomic mass is 14.9. The molecule has 0 spiro atoms. The van der Waals surface area contributed by atoms with Crippen molar-refractivity contribution in [1.29, 1.82) is 0 Å². The molecule has 2 nitrogen and oxygen atoms in total. The van der Waals surface area contributed by atoms with Crippen molar-refractivity contribution in [2.75, 3.05) is 0 Å². The van der Waals surface area contributed by atoms with Crippen molar-refractivity contribution in [3.8, 4) is 0 Å². The Kier molecular flexibility index (Phi) is 27.4. The maximum atomic E-state index is 4.97. The Labute approximate surface area is 252 Å². The molecule has 0 atom stereocenters. The molecule has 1 rings (SSSR count). The summed E-state index contributed by atoms with van der Waals surface area (Å²) in [6.45, 7) is 6.88. The molecule has 0 amide bonds. The Bertz CT molecular complexity index is 592. The SMILES string of the molecule is CCCCCCCCCCCCCCCc1cc(CCCCCCCCCCCCCCC)nc(CCCC)n1. The summed E-state index contributed by atoms with van der Waals surface area (Å²) in [5, 5.41) is 0. The topological polar surface area (TPSA) is 25.8 Å². The quantitative estimate of drug-likeness (QED) is 0.0850. The van der Waals surface area contributed by atoms with Crippen LogP contribution >= 0.6 is 0 Å².